The van der Waals surface area contributed by atoms with E-state index in [1.807, 2.05) is 31.2 Å². The maximum atomic E-state index is 12.6. The van der Waals surface area contributed by atoms with Crippen molar-refractivity contribution in [2.75, 3.05) is 16.8 Å². The van der Waals surface area contributed by atoms with Crippen molar-refractivity contribution in [3.8, 4) is 0 Å². The van der Waals surface area contributed by atoms with Gasteiger partial charge < -0.3 is 5.32 Å². The molecule has 1 aliphatic heterocycles. The van der Waals surface area contributed by atoms with Gasteiger partial charge in [0.15, 0.2) is 5.13 Å². The number of aromatic nitrogens is 1. The van der Waals surface area contributed by atoms with Crippen molar-refractivity contribution in [2.24, 2.45) is 0 Å². The molecule has 1 aromatic carbocycles. The molecule has 1 saturated heterocycles. The third kappa shape index (κ3) is 3.33. The topological polar surface area (TPSA) is 62.3 Å². The van der Waals surface area contributed by atoms with Gasteiger partial charge in [0.2, 0.25) is 5.91 Å². The number of benzene rings is 1. The zero-order valence-electron chi connectivity index (χ0n) is 14.0. The van der Waals surface area contributed by atoms with Crippen molar-refractivity contribution in [3.63, 3.8) is 0 Å². The largest absolute Gasteiger partial charge is 0.321 e. The molecule has 126 valence electrons. The lowest BCUT2D eigenvalue weighted by molar-refractivity contribution is -0.117. The Labute approximate surface area is 145 Å². The lowest BCUT2D eigenvalue weighted by atomic mass is 10.1. The number of hydrogen-bond acceptors (Lipinski definition) is 4. The van der Waals surface area contributed by atoms with E-state index in [-0.39, 0.29) is 11.8 Å². The number of hydrogen-bond donors (Lipinski definition) is 1. The molecule has 1 N–H and O–H groups in total. The first-order valence-electron chi connectivity index (χ1n) is 8.32. The van der Waals surface area contributed by atoms with Crippen molar-refractivity contribution in [3.05, 3.63) is 40.4 Å². The number of aryl methyl sites for hydroxylation is 2. The fourth-order valence-corrected chi connectivity index (χ4v) is 3.83. The van der Waals surface area contributed by atoms with Crippen LogP contribution in [0, 0.1) is 0 Å². The van der Waals surface area contributed by atoms with Crippen LogP contribution in [0.2, 0.25) is 0 Å². The van der Waals surface area contributed by atoms with E-state index in [0.717, 1.165) is 24.2 Å². The molecule has 1 fully saturated rings. The van der Waals surface area contributed by atoms with Crippen LogP contribution in [0.3, 0.4) is 0 Å². The zero-order chi connectivity index (χ0) is 17.1. The Hall–Kier alpha value is -2.21. The van der Waals surface area contributed by atoms with Crippen LogP contribution in [0.1, 0.15) is 47.6 Å². The quantitative estimate of drug-likeness (QED) is 0.901. The molecule has 0 aliphatic carbocycles. The van der Waals surface area contributed by atoms with Crippen LogP contribution in [-0.4, -0.2) is 23.3 Å². The standard InChI is InChI=1S/C18H21N3O2S/c1-3-12-7-9-13(10-8-12)19-17(23)16-14(4-2)20-18(24-16)21-11-5-6-15(21)22/h7-10H,3-6,11H2,1-2H3,(H,19,23). The molecular weight excluding hydrogens is 322 g/mol. The van der Waals surface area contributed by atoms with Crippen LogP contribution in [0.15, 0.2) is 24.3 Å². The number of nitrogens with zero attached hydrogens (tertiary/aromatic N) is 2. The average Bonchev–Trinajstić information content (AvgIpc) is 3.21. The molecule has 0 radical (unpaired) electrons. The predicted octanol–water partition coefficient (Wildman–Crippen LogP) is 3.65. The van der Waals surface area contributed by atoms with E-state index < -0.39 is 0 Å². The average molecular weight is 343 g/mol. The van der Waals surface area contributed by atoms with Gasteiger partial charge in [-0.25, -0.2) is 4.98 Å². The second-order valence-corrected chi connectivity index (χ2v) is 6.76. The molecule has 5 nitrogen and oxygen atoms in total. The summed E-state index contributed by atoms with van der Waals surface area (Å²) in [5, 5.41) is 3.57. The number of carbonyl (C=O) groups excluding carboxylic acids is 2. The smallest absolute Gasteiger partial charge is 0.267 e. The van der Waals surface area contributed by atoms with Crippen molar-refractivity contribution in [1.29, 1.82) is 0 Å². The fraction of sp³-hybridized carbons (Fsp3) is 0.389. The van der Waals surface area contributed by atoms with Crippen LogP contribution in [-0.2, 0) is 17.6 Å². The summed E-state index contributed by atoms with van der Waals surface area (Å²) in [6.07, 6.45) is 3.05. The minimum Gasteiger partial charge on any atom is -0.321 e. The Morgan fingerprint density at radius 2 is 2.00 bits per heavy atom. The highest BCUT2D eigenvalue weighted by molar-refractivity contribution is 7.18. The van der Waals surface area contributed by atoms with Crippen LogP contribution < -0.4 is 10.2 Å². The highest BCUT2D eigenvalue weighted by Gasteiger charge is 2.27. The molecular formula is C18H21N3O2S. The van der Waals surface area contributed by atoms with Crippen LogP contribution >= 0.6 is 11.3 Å². The van der Waals surface area contributed by atoms with Gasteiger partial charge >= 0.3 is 0 Å². The van der Waals surface area contributed by atoms with Gasteiger partial charge in [0, 0.05) is 18.7 Å². The molecule has 0 saturated carbocycles. The third-order valence-electron chi connectivity index (χ3n) is 4.15. The highest BCUT2D eigenvalue weighted by atomic mass is 32.1. The van der Waals surface area contributed by atoms with E-state index >= 15 is 0 Å². The second kappa shape index (κ2) is 7.13. The lowest BCUT2D eigenvalue weighted by Gasteiger charge is -2.10. The molecule has 0 bridgehead atoms. The molecule has 2 amide bonds. The molecule has 6 heteroatoms. The van der Waals surface area contributed by atoms with Crippen LogP contribution in [0.25, 0.3) is 0 Å². The normalized spacial score (nSPS) is 14.2. The van der Waals surface area contributed by atoms with E-state index in [9.17, 15) is 9.59 Å². The highest BCUT2D eigenvalue weighted by Crippen LogP contribution is 2.30. The third-order valence-corrected chi connectivity index (χ3v) is 5.27. The van der Waals surface area contributed by atoms with Crippen molar-refractivity contribution in [2.45, 2.75) is 39.5 Å². The SMILES string of the molecule is CCc1ccc(NC(=O)c2sc(N3CCCC3=O)nc2CC)cc1. The first kappa shape index (κ1) is 16.6. The minimum atomic E-state index is -0.161. The van der Waals surface area contributed by atoms with E-state index in [4.69, 9.17) is 0 Å². The van der Waals surface area contributed by atoms with E-state index in [1.54, 1.807) is 4.90 Å². The Bertz CT molecular complexity index is 752. The summed E-state index contributed by atoms with van der Waals surface area (Å²) >= 11 is 1.30. The molecule has 0 unspecified atom stereocenters. The maximum absolute atomic E-state index is 12.6. The summed E-state index contributed by atoms with van der Waals surface area (Å²) in [4.78, 5) is 31.3. The number of rotatable bonds is 5. The number of anilines is 2. The number of thiazole rings is 1. The number of carbonyl (C=O) groups is 2. The Morgan fingerprint density at radius 3 is 2.58 bits per heavy atom. The first-order chi connectivity index (χ1) is 11.6. The molecule has 1 aliphatic rings. The van der Waals surface area contributed by atoms with Gasteiger partial charge in [-0.1, -0.05) is 37.3 Å². The van der Waals surface area contributed by atoms with Gasteiger partial charge in [-0.15, -0.1) is 0 Å². The van der Waals surface area contributed by atoms with Crippen molar-refractivity contribution in [1.82, 2.24) is 4.98 Å². The van der Waals surface area contributed by atoms with Gasteiger partial charge in [0.05, 0.1) is 5.69 Å². The Balaban J connectivity index is 1.80. The van der Waals surface area contributed by atoms with Crippen molar-refractivity contribution < 1.29 is 9.59 Å². The zero-order valence-corrected chi connectivity index (χ0v) is 14.8. The summed E-state index contributed by atoms with van der Waals surface area (Å²) in [5.41, 5.74) is 2.75. The monoisotopic (exact) mass is 343 g/mol. The van der Waals surface area contributed by atoms with Gasteiger partial charge in [-0.3, -0.25) is 14.5 Å². The van der Waals surface area contributed by atoms with E-state index in [1.165, 1.54) is 16.9 Å². The molecule has 1 aromatic heterocycles. The number of nitrogens with one attached hydrogen (secondary N) is 1. The summed E-state index contributed by atoms with van der Waals surface area (Å²) in [6, 6.07) is 7.84. The summed E-state index contributed by atoms with van der Waals surface area (Å²) in [6.45, 7) is 4.76. The molecule has 2 aromatic rings. The molecule has 3 rings (SSSR count). The fourth-order valence-electron chi connectivity index (χ4n) is 2.73. The second-order valence-electron chi connectivity index (χ2n) is 5.78. The Kier molecular flexibility index (Phi) is 4.94. The predicted molar refractivity (Wildman–Crippen MR) is 96.9 cm³/mol. The van der Waals surface area contributed by atoms with Crippen LogP contribution in [0.4, 0.5) is 10.8 Å². The van der Waals surface area contributed by atoms with E-state index in [0.29, 0.717) is 29.4 Å². The molecule has 24 heavy (non-hydrogen) atoms. The van der Waals surface area contributed by atoms with Gasteiger partial charge in [0.25, 0.3) is 5.91 Å². The number of amides is 2. The Morgan fingerprint density at radius 1 is 1.25 bits per heavy atom. The first-order valence-corrected chi connectivity index (χ1v) is 9.14. The van der Waals surface area contributed by atoms with Gasteiger partial charge in [0.1, 0.15) is 4.88 Å². The molecule has 0 atom stereocenters. The molecule has 2 heterocycles. The van der Waals surface area contributed by atoms with Crippen molar-refractivity contribution >= 4 is 34.0 Å². The summed E-state index contributed by atoms with van der Waals surface area (Å²) in [5.74, 6) is -0.0694. The summed E-state index contributed by atoms with van der Waals surface area (Å²) in [7, 11) is 0. The lowest BCUT2D eigenvalue weighted by Crippen LogP contribution is -2.23. The van der Waals surface area contributed by atoms with Gasteiger partial charge in [-0.2, -0.15) is 0 Å². The van der Waals surface area contributed by atoms with Gasteiger partial charge in [-0.05, 0) is 37.0 Å². The summed E-state index contributed by atoms with van der Waals surface area (Å²) < 4.78 is 0. The van der Waals surface area contributed by atoms with E-state index in [2.05, 4.69) is 17.2 Å². The van der Waals surface area contributed by atoms with Crippen LogP contribution in [0.5, 0.6) is 0 Å². The minimum absolute atomic E-state index is 0.0912. The maximum Gasteiger partial charge on any atom is 0.267 e. The molecule has 0 spiro atoms.